The Labute approximate surface area is 264 Å². The Balaban J connectivity index is 1.64. The van der Waals surface area contributed by atoms with Gasteiger partial charge < -0.3 is 39.8 Å². The molecule has 244 valence electrons. The van der Waals surface area contributed by atoms with Gasteiger partial charge in [0.2, 0.25) is 17.7 Å². The lowest BCUT2D eigenvalue weighted by Crippen LogP contribution is -2.53. The zero-order chi connectivity index (χ0) is 32.3. The first-order chi connectivity index (χ1) is 21.7. The van der Waals surface area contributed by atoms with Crippen molar-refractivity contribution in [1.82, 2.24) is 20.9 Å². The maximum atomic E-state index is 13.5. The molecule has 1 atom stereocenters. The van der Waals surface area contributed by atoms with E-state index in [1.807, 2.05) is 13.8 Å². The number of nitrogens with zero attached hydrogens (tertiary/aromatic N) is 1. The number of amides is 4. The lowest BCUT2D eigenvalue weighted by atomic mass is 9.98. The number of hydrogen-bond donors (Lipinski definition) is 3. The lowest BCUT2D eigenvalue weighted by Gasteiger charge is -2.30. The predicted molar refractivity (Wildman–Crippen MR) is 166 cm³/mol. The van der Waals surface area contributed by atoms with Crippen molar-refractivity contribution in [3.8, 4) is 23.0 Å². The van der Waals surface area contributed by atoms with Crippen molar-refractivity contribution in [2.24, 2.45) is 11.8 Å². The second kappa shape index (κ2) is 16.1. The molecule has 2 aliphatic rings. The third-order valence-corrected chi connectivity index (χ3v) is 8.02. The predicted octanol–water partition coefficient (Wildman–Crippen LogP) is 3.03. The van der Waals surface area contributed by atoms with Crippen LogP contribution in [0.5, 0.6) is 23.0 Å². The molecule has 0 aromatic heterocycles. The van der Waals surface area contributed by atoms with Crippen molar-refractivity contribution < 1.29 is 38.1 Å². The van der Waals surface area contributed by atoms with Gasteiger partial charge in [0.25, 0.3) is 5.91 Å². The minimum atomic E-state index is -0.839. The summed E-state index contributed by atoms with van der Waals surface area (Å²) in [4.78, 5) is 54.8. The molecule has 0 unspecified atom stereocenters. The topological polar surface area (TPSA) is 145 Å². The molecule has 2 heterocycles. The third-order valence-electron chi connectivity index (χ3n) is 8.02. The van der Waals surface area contributed by atoms with Gasteiger partial charge in [-0.3, -0.25) is 19.2 Å². The fraction of sp³-hybridized carbons (Fsp3) is 0.515. The van der Waals surface area contributed by atoms with Gasteiger partial charge in [0.1, 0.15) is 17.5 Å². The van der Waals surface area contributed by atoms with E-state index in [1.165, 1.54) is 14.2 Å². The van der Waals surface area contributed by atoms with Crippen molar-refractivity contribution in [2.75, 3.05) is 47.1 Å². The molecule has 2 aromatic carbocycles. The Morgan fingerprint density at radius 1 is 0.956 bits per heavy atom. The smallest absolute Gasteiger partial charge is 0.251 e. The van der Waals surface area contributed by atoms with Gasteiger partial charge >= 0.3 is 0 Å². The van der Waals surface area contributed by atoms with Crippen LogP contribution in [-0.4, -0.2) is 81.6 Å². The molecule has 2 aliphatic heterocycles. The average molecular weight is 625 g/mol. The number of fused-ring (bicyclic) bond motifs is 3. The van der Waals surface area contributed by atoms with Gasteiger partial charge in [-0.15, -0.1) is 0 Å². The standard InChI is InChI=1S/C33H44N4O8/c1-21(2)30-32(40)35-19-24-25(42-3)8-7-9-26(24)45-28-18-23(10-11-27(28)43-4)31(39)34-14-5-6-15-37(20-29(38)36-30)33(41)22-12-16-44-17-13-22/h7-11,18,21-22,30H,5-6,12-17,19-20H2,1-4H3,(H,34,39)(H,35,40)(H,36,38)/t30-/m1/s1. The highest BCUT2D eigenvalue weighted by molar-refractivity contribution is 5.95. The normalized spacial score (nSPS) is 19.4. The minimum Gasteiger partial charge on any atom is -0.496 e. The van der Waals surface area contributed by atoms with E-state index in [1.54, 1.807) is 41.3 Å². The fourth-order valence-corrected chi connectivity index (χ4v) is 5.44. The van der Waals surface area contributed by atoms with Crippen LogP contribution in [0, 0.1) is 11.8 Å². The molecule has 3 N–H and O–H groups in total. The van der Waals surface area contributed by atoms with Gasteiger partial charge in [-0.05, 0) is 61.9 Å². The summed E-state index contributed by atoms with van der Waals surface area (Å²) in [6.45, 7) is 5.29. The van der Waals surface area contributed by atoms with Crippen molar-refractivity contribution in [3.05, 3.63) is 47.5 Å². The Bertz CT molecular complexity index is 1360. The van der Waals surface area contributed by atoms with Crippen LogP contribution in [-0.2, 0) is 25.7 Å². The largest absolute Gasteiger partial charge is 0.496 e. The third kappa shape index (κ3) is 8.87. The fourth-order valence-electron chi connectivity index (χ4n) is 5.44. The molecule has 1 fully saturated rings. The Hall–Kier alpha value is -4.32. The Morgan fingerprint density at radius 3 is 2.42 bits per heavy atom. The van der Waals surface area contributed by atoms with Crippen LogP contribution < -0.4 is 30.2 Å². The van der Waals surface area contributed by atoms with Gasteiger partial charge in [0.15, 0.2) is 11.5 Å². The highest BCUT2D eigenvalue weighted by atomic mass is 16.5. The van der Waals surface area contributed by atoms with Crippen molar-refractivity contribution in [2.45, 2.75) is 52.1 Å². The molecule has 2 aromatic rings. The van der Waals surface area contributed by atoms with Crippen molar-refractivity contribution in [3.63, 3.8) is 0 Å². The summed E-state index contributed by atoms with van der Waals surface area (Å²) in [6, 6.07) is 9.31. The summed E-state index contributed by atoms with van der Waals surface area (Å²) < 4.78 is 22.7. The first-order valence-corrected chi connectivity index (χ1v) is 15.4. The van der Waals surface area contributed by atoms with Crippen LogP contribution in [0.2, 0.25) is 0 Å². The monoisotopic (exact) mass is 624 g/mol. The number of benzene rings is 2. The van der Waals surface area contributed by atoms with Crippen molar-refractivity contribution >= 4 is 23.6 Å². The number of methoxy groups -OCH3 is 2. The summed E-state index contributed by atoms with van der Waals surface area (Å²) in [5.41, 5.74) is 0.937. The summed E-state index contributed by atoms with van der Waals surface area (Å²) in [5, 5.41) is 8.69. The van der Waals surface area contributed by atoms with Gasteiger partial charge in [-0.25, -0.2) is 0 Å². The van der Waals surface area contributed by atoms with E-state index in [9.17, 15) is 19.2 Å². The number of hydrogen-bond acceptors (Lipinski definition) is 8. The SMILES string of the molecule is COc1ccc2cc1Oc1cccc(OC)c1CNC(=O)[C@@H](C(C)C)NC(=O)CN(C(=O)C1CCOCC1)CCCCNC2=O. The number of ether oxygens (including phenoxy) is 4. The highest BCUT2D eigenvalue weighted by Crippen LogP contribution is 2.37. The zero-order valence-corrected chi connectivity index (χ0v) is 26.5. The van der Waals surface area contributed by atoms with Crippen molar-refractivity contribution in [1.29, 1.82) is 0 Å². The summed E-state index contributed by atoms with van der Waals surface area (Å²) in [5.74, 6) is -0.0233. The van der Waals surface area contributed by atoms with Gasteiger partial charge in [0.05, 0.1) is 32.9 Å². The van der Waals surface area contributed by atoms with E-state index in [-0.39, 0.29) is 42.6 Å². The number of carbonyl (C=O) groups excluding carboxylic acids is 4. The van der Waals surface area contributed by atoms with Crippen LogP contribution in [0.25, 0.3) is 0 Å². The second-order valence-corrected chi connectivity index (χ2v) is 11.5. The lowest BCUT2D eigenvalue weighted by molar-refractivity contribution is -0.142. The van der Waals surface area contributed by atoms with Crippen LogP contribution >= 0.6 is 0 Å². The molecule has 0 aliphatic carbocycles. The summed E-state index contributed by atoms with van der Waals surface area (Å²) >= 11 is 0. The van der Waals surface area contributed by atoms with Crippen LogP contribution in [0.3, 0.4) is 0 Å². The van der Waals surface area contributed by atoms with Crippen LogP contribution in [0.4, 0.5) is 0 Å². The number of rotatable bonds is 4. The molecule has 1 saturated heterocycles. The maximum absolute atomic E-state index is 13.5. The molecule has 4 rings (SSSR count). The van der Waals surface area contributed by atoms with E-state index in [0.29, 0.717) is 86.1 Å². The molecular weight excluding hydrogens is 580 g/mol. The second-order valence-electron chi connectivity index (χ2n) is 11.5. The first kappa shape index (κ1) is 33.6. The molecular formula is C33H44N4O8. The molecule has 2 bridgehead atoms. The Morgan fingerprint density at radius 2 is 1.71 bits per heavy atom. The minimum absolute atomic E-state index is 0.0358. The summed E-state index contributed by atoms with van der Waals surface area (Å²) in [7, 11) is 3.03. The number of carbonyl (C=O) groups is 4. The molecule has 12 nitrogen and oxygen atoms in total. The molecule has 0 radical (unpaired) electrons. The van der Waals surface area contributed by atoms with Crippen LogP contribution in [0.15, 0.2) is 36.4 Å². The molecule has 0 saturated carbocycles. The average Bonchev–Trinajstić information content (AvgIpc) is 3.05. The van der Waals surface area contributed by atoms with Gasteiger partial charge in [0, 0.05) is 37.8 Å². The van der Waals surface area contributed by atoms with Gasteiger partial charge in [-0.1, -0.05) is 19.9 Å². The van der Waals surface area contributed by atoms with E-state index in [4.69, 9.17) is 18.9 Å². The molecule has 12 heteroatoms. The first-order valence-electron chi connectivity index (χ1n) is 15.4. The molecule has 0 spiro atoms. The van der Waals surface area contributed by atoms with Crippen LogP contribution in [0.1, 0.15) is 55.5 Å². The molecule has 4 amide bonds. The van der Waals surface area contributed by atoms with E-state index >= 15 is 0 Å². The zero-order valence-electron chi connectivity index (χ0n) is 26.5. The Kier molecular flexibility index (Phi) is 12.0. The molecule has 45 heavy (non-hydrogen) atoms. The number of nitrogens with one attached hydrogen (secondary N) is 3. The highest BCUT2D eigenvalue weighted by Gasteiger charge is 2.30. The quantitative estimate of drug-likeness (QED) is 0.471. The van der Waals surface area contributed by atoms with E-state index < -0.39 is 11.9 Å². The summed E-state index contributed by atoms with van der Waals surface area (Å²) in [6.07, 6.45) is 2.37. The maximum Gasteiger partial charge on any atom is 0.251 e. The van der Waals surface area contributed by atoms with Gasteiger partial charge in [-0.2, -0.15) is 0 Å². The van der Waals surface area contributed by atoms with E-state index in [2.05, 4.69) is 16.0 Å². The van der Waals surface area contributed by atoms with E-state index in [0.717, 1.165) is 0 Å².